The maximum atomic E-state index is 13.1. The molecular weight excluding hydrogens is 449 g/mol. The highest BCUT2D eigenvalue weighted by molar-refractivity contribution is 6.02. The second kappa shape index (κ2) is 8.07. The number of hydrogen-bond donors (Lipinski definition) is 0. The van der Waals surface area contributed by atoms with Crippen molar-refractivity contribution in [2.75, 3.05) is 31.1 Å². The van der Waals surface area contributed by atoms with Gasteiger partial charge < -0.3 is 14.5 Å². The lowest BCUT2D eigenvalue weighted by molar-refractivity contribution is -0.393. The largest absolute Gasteiger partial charge is 0.421 e. The van der Waals surface area contributed by atoms with Crippen LogP contribution in [0.5, 0.6) is 0 Å². The number of ether oxygens (including phenoxy) is 1. The van der Waals surface area contributed by atoms with Gasteiger partial charge in [0, 0.05) is 50.1 Å². The first kappa shape index (κ1) is 22.0. The first-order valence-electron chi connectivity index (χ1n) is 9.62. The molecule has 0 saturated carbocycles. The summed E-state index contributed by atoms with van der Waals surface area (Å²) in [6.45, 7) is 0.593. The number of nitro groups is 2. The number of nitro benzene ring substituents is 2. The van der Waals surface area contributed by atoms with Crippen molar-refractivity contribution < 1.29 is 32.5 Å². The first-order valence-corrected chi connectivity index (χ1v) is 9.62. The average molecular weight is 464 g/mol. The van der Waals surface area contributed by atoms with Crippen LogP contribution in [0.1, 0.15) is 21.5 Å². The molecule has 2 aromatic carbocycles. The number of hydrogen-bond acceptors (Lipinski definition) is 8. The third kappa shape index (κ3) is 4.16. The van der Waals surface area contributed by atoms with Gasteiger partial charge in [-0.2, -0.15) is 13.2 Å². The summed E-state index contributed by atoms with van der Waals surface area (Å²) in [5.41, 5.74) is -2.88. The van der Waals surface area contributed by atoms with E-state index < -0.39 is 44.6 Å². The fourth-order valence-electron chi connectivity index (χ4n) is 3.79. The Labute approximate surface area is 183 Å². The maximum absolute atomic E-state index is 13.1. The Balaban J connectivity index is 1.61. The minimum atomic E-state index is -4.98. The van der Waals surface area contributed by atoms with Gasteiger partial charge in [-0.15, -0.1) is 0 Å². The van der Waals surface area contributed by atoms with E-state index in [1.54, 1.807) is 35.4 Å². The molecule has 4 rings (SSSR count). The van der Waals surface area contributed by atoms with Gasteiger partial charge >= 0.3 is 12.1 Å². The number of alkyl halides is 3. The topological polar surface area (TPSA) is 119 Å². The van der Waals surface area contributed by atoms with E-state index >= 15 is 0 Å². The molecule has 0 atom stereocenters. The van der Waals surface area contributed by atoms with Crippen LogP contribution in [0.3, 0.4) is 0 Å². The molecule has 0 spiro atoms. The number of nitrogens with zero attached hydrogens (tertiary/aromatic N) is 4. The van der Waals surface area contributed by atoms with Crippen LogP contribution in [0.4, 0.5) is 30.2 Å². The molecule has 1 saturated heterocycles. The average Bonchev–Trinajstić information content (AvgIpc) is 3.08. The maximum Gasteiger partial charge on any atom is 0.416 e. The number of esters is 1. The van der Waals surface area contributed by atoms with Crippen LogP contribution in [0.25, 0.3) is 5.76 Å². The highest BCUT2D eigenvalue weighted by atomic mass is 19.4. The fourth-order valence-corrected chi connectivity index (χ4v) is 3.79. The number of carbonyl (C=O) groups is 1. The van der Waals surface area contributed by atoms with Crippen molar-refractivity contribution in [1.82, 2.24) is 4.90 Å². The molecule has 2 heterocycles. The van der Waals surface area contributed by atoms with Crippen molar-refractivity contribution in [3.63, 3.8) is 0 Å². The normalized spacial score (nSPS) is 17.2. The summed E-state index contributed by atoms with van der Waals surface area (Å²) in [7, 11) is 0. The van der Waals surface area contributed by atoms with Gasteiger partial charge in [-0.1, -0.05) is 18.2 Å². The van der Waals surface area contributed by atoms with Crippen molar-refractivity contribution in [2.24, 2.45) is 0 Å². The molecule has 0 amide bonds. The lowest BCUT2D eigenvalue weighted by atomic mass is 10.1. The van der Waals surface area contributed by atoms with Crippen LogP contribution in [0.2, 0.25) is 0 Å². The first-order chi connectivity index (χ1) is 15.6. The Hall–Kier alpha value is -4.16. The lowest BCUT2D eigenvalue weighted by Gasteiger charge is -2.35. The van der Waals surface area contributed by atoms with E-state index in [-0.39, 0.29) is 26.2 Å². The van der Waals surface area contributed by atoms with Gasteiger partial charge in [0.05, 0.1) is 21.0 Å². The highest BCUT2D eigenvalue weighted by Gasteiger charge is 2.39. The van der Waals surface area contributed by atoms with Crippen LogP contribution in [-0.2, 0) is 10.9 Å². The molecule has 0 aromatic heterocycles. The summed E-state index contributed by atoms with van der Waals surface area (Å²) in [4.78, 5) is 35.9. The van der Waals surface area contributed by atoms with E-state index in [1.807, 2.05) is 0 Å². The molecule has 13 heteroatoms. The van der Waals surface area contributed by atoms with Gasteiger partial charge in [0.2, 0.25) is 0 Å². The molecule has 2 aliphatic heterocycles. The zero-order valence-corrected chi connectivity index (χ0v) is 16.7. The van der Waals surface area contributed by atoms with E-state index in [2.05, 4.69) is 0 Å². The minimum absolute atomic E-state index is 0.0619. The van der Waals surface area contributed by atoms with Crippen LogP contribution in [-0.4, -0.2) is 46.9 Å². The van der Waals surface area contributed by atoms with Gasteiger partial charge in [0.25, 0.3) is 11.4 Å². The number of benzene rings is 2. The standard InChI is InChI=1S/C20H15F3N4O6/c21-20(22,23)12-9-15(26(29)30)18(16(10-12)27(31)32)25-7-5-24(6-8-25)11-17-13-3-1-2-4-14(13)19(28)33-17/h1-4,9-11H,5-8H2/b17-11-. The van der Waals surface area contributed by atoms with E-state index in [4.69, 9.17) is 4.74 Å². The van der Waals surface area contributed by atoms with Gasteiger partial charge in [-0.3, -0.25) is 20.2 Å². The van der Waals surface area contributed by atoms with Crippen molar-refractivity contribution >= 4 is 28.8 Å². The molecule has 0 N–H and O–H groups in total. The third-order valence-electron chi connectivity index (χ3n) is 5.34. The highest BCUT2D eigenvalue weighted by Crippen LogP contribution is 2.43. The van der Waals surface area contributed by atoms with Crippen molar-refractivity contribution in [3.05, 3.63) is 79.5 Å². The predicted molar refractivity (Wildman–Crippen MR) is 108 cm³/mol. The number of anilines is 1. The van der Waals surface area contributed by atoms with Gasteiger partial charge in [-0.25, -0.2) is 4.79 Å². The van der Waals surface area contributed by atoms with Crippen LogP contribution < -0.4 is 4.90 Å². The van der Waals surface area contributed by atoms with Crippen molar-refractivity contribution in [1.29, 1.82) is 0 Å². The molecule has 2 aromatic rings. The summed E-state index contributed by atoms with van der Waals surface area (Å²) >= 11 is 0. The smallest absolute Gasteiger partial charge is 0.416 e. The fraction of sp³-hybridized carbons (Fsp3) is 0.250. The number of piperazine rings is 1. The van der Waals surface area contributed by atoms with Crippen LogP contribution in [0.15, 0.2) is 42.6 Å². The minimum Gasteiger partial charge on any atom is -0.421 e. The second-order valence-electron chi connectivity index (χ2n) is 7.33. The molecule has 0 radical (unpaired) electrons. The molecule has 1 fully saturated rings. The number of rotatable bonds is 4. The molecule has 172 valence electrons. The van der Waals surface area contributed by atoms with E-state index in [9.17, 15) is 38.2 Å². The monoisotopic (exact) mass is 464 g/mol. The molecule has 0 bridgehead atoms. The van der Waals surface area contributed by atoms with Crippen molar-refractivity contribution in [2.45, 2.75) is 6.18 Å². The zero-order valence-electron chi connectivity index (χ0n) is 16.7. The summed E-state index contributed by atoms with van der Waals surface area (Å²) in [6.07, 6.45) is -3.37. The Morgan fingerprint density at radius 2 is 1.48 bits per heavy atom. The number of cyclic esters (lactones) is 1. The second-order valence-corrected chi connectivity index (χ2v) is 7.33. The van der Waals surface area contributed by atoms with Crippen molar-refractivity contribution in [3.8, 4) is 0 Å². The number of fused-ring (bicyclic) bond motifs is 1. The van der Waals surface area contributed by atoms with E-state index in [1.165, 1.54) is 4.90 Å². The van der Waals surface area contributed by atoms with Gasteiger partial charge in [-0.05, 0) is 6.07 Å². The Morgan fingerprint density at radius 1 is 0.939 bits per heavy atom. The molecular formula is C20H15F3N4O6. The molecule has 2 aliphatic rings. The van der Waals surface area contributed by atoms with Crippen LogP contribution in [0, 0.1) is 20.2 Å². The molecule has 33 heavy (non-hydrogen) atoms. The summed E-state index contributed by atoms with van der Waals surface area (Å²) in [6, 6.07) is 7.41. The SMILES string of the molecule is O=C1O/C(=C\N2CCN(c3c([N+](=O)[O-])cc(C(F)(F)F)cc3[N+](=O)[O-])CC2)c2ccccc21. The Kier molecular flexibility index (Phi) is 5.39. The predicted octanol–water partition coefficient (Wildman–Crippen LogP) is 3.81. The Bertz CT molecular complexity index is 1150. The van der Waals surface area contributed by atoms with Gasteiger partial charge in [0.15, 0.2) is 11.4 Å². The molecule has 0 aliphatic carbocycles. The van der Waals surface area contributed by atoms with Crippen LogP contribution >= 0.6 is 0 Å². The zero-order chi connectivity index (χ0) is 23.9. The summed E-state index contributed by atoms with van der Waals surface area (Å²) in [5, 5.41) is 23.0. The number of halogens is 3. The van der Waals surface area contributed by atoms with E-state index in [0.29, 0.717) is 29.0 Å². The Morgan fingerprint density at radius 3 is 2.00 bits per heavy atom. The third-order valence-corrected chi connectivity index (χ3v) is 5.34. The van der Waals surface area contributed by atoms with Gasteiger partial charge in [0.1, 0.15) is 0 Å². The lowest BCUT2D eigenvalue weighted by Crippen LogP contribution is -2.44. The molecule has 10 nitrogen and oxygen atoms in total. The quantitative estimate of drug-likeness (QED) is 0.381. The van der Waals surface area contributed by atoms with E-state index in [0.717, 1.165) is 0 Å². The number of carbonyl (C=O) groups excluding carboxylic acids is 1. The molecule has 0 unspecified atom stereocenters. The summed E-state index contributed by atoms with van der Waals surface area (Å²) in [5.74, 6) is -0.165. The summed E-state index contributed by atoms with van der Waals surface area (Å²) < 4.78 is 44.6.